The molecule has 0 aliphatic heterocycles. The molecule has 1 aromatic carbocycles. The maximum absolute atomic E-state index is 13.4. The SMILES string of the molecule is CSc1nc(-c2cc(F)ccc2OC(F)F)c(C#N)c(=O)[nH]1. The number of thioether (sulfide) groups is 1. The van der Waals surface area contributed by atoms with Gasteiger partial charge in [-0.05, 0) is 24.5 Å². The molecule has 0 saturated heterocycles. The summed E-state index contributed by atoms with van der Waals surface area (Å²) in [5.41, 5.74) is -1.57. The third kappa shape index (κ3) is 3.23. The Kier molecular flexibility index (Phi) is 4.72. The molecule has 2 rings (SSSR count). The molecule has 22 heavy (non-hydrogen) atoms. The molecule has 0 unspecified atom stereocenters. The first-order chi connectivity index (χ1) is 10.5. The molecule has 5 nitrogen and oxygen atoms in total. The highest BCUT2D eigenvalue weighted by molar-refractivity contribution is 7.98. The van der Waals surface area contributed by atoms with E-state index in [0.717, 1.165) is 30.0 Å². The highest BCUT2D eigenvalue weighted by Gasteiger charge is 2.19. The Morgan fingerprint density at radius 2 is 2.18 bits per heavy atom. The number of H-pyrrole nitrogens is 1. The monoisotopic (exact) mass is 327 g/mol. The van der Waals surface area contributed by atoms with Crippen molar-refractivity contribution in [2.75, 3.05) is 6.26 Å². The van der Waals surface area contributed by atoms with Gasteiger partial charge >= 0.3 is 6.61 Å². The van der Waals surface area contributed by atoms with Gasteiger partial charge in [0.15, 0.2) is 5.16 Å². The zero-order valence-electron chi connectivity index (χ0n) is 11.1. The lowest BCUT2D eigenvalue weighted by Crippen LogP contribution is -2.15. The molecule has 0 aliphatic carbocycles. The molecule has 114 valence electrons. The number of rotatable bonds is 4. The number of halogens is 3. The van der Waals surface area contributed by atoms with Crippen LogP contribution < -0.4 is 10.3 Å². The molecule has 0 saturated carbocycles. The van der Waals surface area contributed by atoms with E-state index in [1.807, 2.05) is 0 Å². The molecule has 0 bridgehead atoms. The van der Waals surface area contributed by atoms with E-state index < -0.39 is 23.6 Å². The minimum Gasteiger partial charge on any atom is -0.434 e. The van der Waals surface area contributed by atoms with E-state index in [9.17, 15) is 18.0 Å². The second-order valence-electron chi connectivity index (χ2n) is 3.93. The fourth-order valence-corrected chi connectivity index (χ4v) is 2.11. The van der Waals surface area contributed by atoms with Crippen molar-refractivity contribution >= 4 is 11.8 Å². The molecule has 1 aromatic heterocycles. The molecule has 0 aliphatic rings. The minimum atomic E-state index is -3.14. The average Bonchev–Trinajstić information content (AvgIpc) is 2.47. The number of nitrogens with one attached hydrogen (secondary N) is 1. The Labute approximate surface area is 126 Å². The molecular weight excluding hydrogens is 319 g/mol. The van der Waals surface area contributed by atoms with Crippen molar-refractivity contribution in [2.45, 2.75) is 11.8 Å². The first-order valence-corrected chi connectivity index (χ1v) is 7.02. The summed E-state index contributed by atoms with van der Waals surface area (Å²) in [7, 11) is 0. The van der Waals surface area contributed by atoms with Gasteiger partial charge in [-0.25, -0.2) is 9.37 Å². The summed E-state index contributed by atoms with van der Waals surface area (Å²) in [5, 5.41) is 9.23. The lowest BCUT2D eigenvalue weighted by Gasteiger charge is -2.11. The van der Waals surface area contributed by atoms with Gasteiger partial charge in [-0.15, -0.1) is 0 Å². The topological polar surface area (TPSA) is 78.8 Å². The highest BCUT2D eigenvalue weighted by atomic mass is 32.2. The minimum absolute atomic E-state index is 0.159. The number of ether oxygens (including phenoxy) is 1. The van der Waals surface area contributed by atoms with Gasteiger partial charge in [0.2, 0.25) is 0 Å². The Morgan fingerprint density at radius 1 is 1.45 bits per heavy atom. The predicted octanol–water partition coefficient (Wildman–Crippen LogP) is 2.77. The Bertz CT molecular complexity index is 802. The first-order valence-electron chi connectivity index (χ1n) is 5.79. The third-order valence-corrected chi connectivity index (χ3v) is 3.20. The Balaban J connectivity index is 2.75. The lowest BCUT2D eigenvalue weighted by molar-refractivity contribution is -0.0495. The Morgan fingerprint density at radius 3 is 2.77 bits per heavy atom. The fraction of sp³-hybridized carbons (Fsp3) is 0.154. The van der Waals surface area contributed by atoms with Gasteiger partial charge in [0.05, 0.1) is 0 Å². The summed E-state index contributed by atoms with van der Waals surface area (Å²) in [5.74, 6) is -1.12. The molecule has 0 atom stereocenters. The van der Waals surface area contributed by atoms with Crippen molar-refractivity contribution < 1.29 is 17.9 Å². The molecular formula is C13H8F3N3O2S. The number of alkyl halides is 2. The maximum Gasteiger partial charge on any atom is 0.387 e. The third-order valence-electron chi connectivity index (χ3n) is 2.62. The van der Waals surface area contributed by atoms with Gasteiger partial charge in [0, 0.05) is 5.56 Å². The number of aromatic nitrogens is 2. The van der Waals surface area contributed by atoms with Crippen LogP contribution in [0, 0.1) is 17.1 Å². The fourth-order valence-electron chi connectivity index (χ4n) is 1.73. The quantitative estimate of drug-likeness (QED) is 0.690. The van der Waals surface area contributed by atoms with Gasteiger partial charge in [-0.1, -0.05) is 11.8 Å². The largest absolute Gasteiger partial charge is 0.434 e. The van der Waals surface area contributed by atoms with Gasteiger partial charge in [-0.3, -0.25) is 4.79 Å². The van der Waals surface area contributed by atoms with Crippen LogP contribution in [0.2, 0.25) is 0 Å². The molecule has 0 radical (unpaired) electrons. The zero-order chi connectivity index (χ0) is 16.3. The van der Waals surface area contributed by atoms with Gasteiger partial charge in [0.25, 0.3) is 5.56 Å². The van der Waals surface area contributed by atoms with Crippen LogP contribution in [0.25, 0.3) is 11.3 Å². The van der Waals surface area contributed by atoms with E-state index in [4.69, 9.17) is 5.26 Å². The number of hydrogen-bond donors (Lipinski definition) is 1. The van der Waals surface area contributed by atoms with E-state index in [-0.39, 0.29) is 22.2 Å². The number of nitrogens with zero attached hydrogens (tertiary/aromatic N) is 2. The van der Waals surface area contributed by atoms with Crippen LogP contribution in [0.4, 0.5) is 13.2 Å². The van der Waals surface area contributed by atoms with E-state index in [2.05, 4.69) is 14.7 Å². The van der Waals surface area contributed by atoms with Crippen molar-refractivity contribution in [1.29, 1.82) is 5.26 Å². The highest BCUT2D eigenvalue weighted by Crippen LogP contribution is 2.32. The first kappa shape index (κ1) is 15.9. The number of benzene rings is 1. The smallest absolute Gasteiger partial charge is 0.387 e. The van der Waals surface area contributed by atoms with Crippen molar-refractivity contribution in [1.82, 2.24) is 9.97 Å². The van der Waals surface area contributed by atoms with E-state index in [1.165, 1.54) is 0 Å². The van der Waals surface area contributed by atoms with Crippen molar-refractivity contribution in [3.8, 4) is 23.1 Å². The normalized spacial score (nSPS) is 10.5. The molecule has 0 amide bonds. The van der Waals surface area contributed by atoms with Gasteiger partial charge in [-0.2, -0.15) is 14.0 Å². The van der Waals surface area contributed by atoms with E-state index in [0.29, 0.717) is 0 Å². The van der Waals surface area contributed by atoms with Crippen LogP contribution in [-0.2, 0) is 0 Å². The van der Waals surface area contributed by atoms with E-state index in [1.54, 1.807) is 12.3 Å². The van der Waals surface area contributed by atoms with E-state index >= 15 is 0 Å². The molecule has 9 heteroatoms. The van der Waals surface area contributed by atoms with Crippen LogP contribution in [0.15, 0.2) is 28.2 Å². The summed E-state index contributed by atoms with van der Waals surface area (Å²) in [6.45, 7) is -3.14. The number of nitriles is 1. The van der Waals surface area contributed by atoms with Crippen molar-refractivity contribution in [2.24, 2.45) is 0 Å². The molecule has 2 aromatic rings. The Hall–Kier alpha value is -2.47. The van der Waals surface area contributed by atoms with Crippen LogP contribution in [0.3, 0.4) is 0 Å². The molecule has 1 heterocycles. The molecule has 0 fully saturated rings. The molecule has 1 N–H and O–H groups in total. The van der Waals surface area contributed by atoms with Crippen LogP contribution in [0.1, 0.15) is 5.56 Å². The zero-order valence-corrected chi connectivity index (χ0v) is 11.9. The van der Waals surface area contributed by atoms with Gasteiger partial charge < -0.3 is 9.72 Å². The molecule has 0 spiro atoms. The van der Waals surface area contributed by atoms with Crippen LogP contribution in [-0.4, -0.2) is 22.8 Å². The summed E-state index contributed by atoms with van der Waals surface area (Å²) in [4.78, 5) is 18.2. The predicted molar refractivity (Wildman–Crippen MR) is 73.4 cm³/mol. The summed E-state index contributed by atoms with van der Waals surface area (Å²) in [6, 6.07) is 4.42. The second kappa shape index (κ2) is 6.53. The number of hydrogen-bond acceptors (Lipinski definition) is 5. The van der Waals surface area contributed by atoms with Crippen LogP contribution in [0.5, 0.6) is 5.75 Å². The summed E-state index contributed by atoms with van der Waals surface area (Å²) in [6.07, 6.45) is 1.62. The van der Waals surface area contributed by atoms with Crippen molar-refractivity contribution in [3.63, 3.8) is 0 Å². The van der Waals surface area contributed by atoms with Crippen LogP contribution >= 0.6 is 11.8 Å². The summed E-state index contributed by atoms with van der Waals surface area (Å²) < 4.78 is 42.6. The lowest BCUT2D eigenvalue weighted by atomic mass is 10.1. The van der Waals surface area contributed by atoms with Gasteiger partial charge in [0.1, 0.15) is 28.9 Å². The average molecular weight is 327 g/mol. The maximum atomic E-state index is 13.4. The summed E-state index contributed by atoms with van der Waals surface area (Å²) >= 11 is 1.08. The second-order valence-corrected chi connectivity index (χ2v) is 4.72. The number of aromatic amines is 1. The standard InChI is InChI=1S/C13H8F3N3O2S/c1-22-13-18-10(8(5-17)11(20)19-13)7-4-6(14)2-3-9(7)21-12(15)16/h2-4,12H,1H3,(H,18,19,20). The van der Waals surface area contributed by atoms with Crippen molar-refractivity contribution in [3.05, 3.63) is 39.9 Å².